The number of ether oxygens (including phenoxy) is 1. The molecule has 2 heterocycles. The van der Waals surface area contributed by atoms with Gasteiger partial charge in [0.2, 0.25) is 5.88 Å². The first-order valence-corrected chi connectivity index (χ1v) is 7.80. The number of nitrogens with two attached hydrogens (primary N) is 1. The molecule has 22 heavy (non-hydrogen) atoms. The SMILES string of the molecule is CCCc1cc2c(c(=O)n1CC)C(C(C)C)C(C#N)=C(N)O2. The second-order valence-corrected chi connectivity index (χ2v) is 5.93. The Bertz CT molecular complexity index is 708. The fraction of sp³-hybridized carbons (Fsp3) is 0.529. The Morgan fingerprint density at radius 2 is 2.14 bits per heavy atom. The van der Waals surface area contributed by atoms with E-state index < -0.39 is 0 Å². The Balaban J connectivity index is 2.75. The molecule has 0 radical (unpaired) electrons. The Hall–Kier alpha value is -2.22. The van der Waals surface area contributed by atoms with Gasteiger partial charge in [0.05, 0.1) is 11.1 Å². The number of pyridine rings is 1. The molecule has 2 rings (SSSR count). The third kappa shape index (κ3) is 2.50. The van der Waals surface area contributed by atoms with Crippen LogP contribution in [0.1, 0.15) is 51.3 Å². The first-order chi connectivity index (χ1) is 10.5. The lowest BCUT2D eigenvalue weighted by molar-refractivity contribution is 0.365. The largest absolute Gasteiger partial charge is 0.440 e. The predicted molar refractivity (Wildman–Crippen MR) is 85.4 cm³/mol. The molecule has 1 aromatic rings. The van der Waals surface area contributed by atoms with Crippen molar-refractivity contribution in [3.63, 3.8) is 0 Å². The number of nitriles is 1. The average molecular weight is 301 g/mol. The fourth-order valence-corrected chi connectivity index (χ4v) is 3.13. The average Bonchev–Trinajstić information content (AvgIpc) is 2.46. The van der Waals surface area contributed by atoms with Crippen molar-refractivity contribution in [3.05, 3.63) is 39.1 Å². The van der Waals surface area contributed by atoms with E-state index in [1.165, 1.54) is 0 Å². The van der Waals surface area contributed by atoms with E-state index in [0.29, 0.717) is 23.4 Å². The molecule has 0 aromatic carbocycles. The summed E-state index contributed by atoms with van der Waals surface area (Å²) in [6, 6.07) is 4.01. The van der Waals surface area contributed by atoms with Crippen LogP contribution in [0.3, 0.4) is 0 Å². The van der Waals surface area contributed by atoms with Gasteiger partial charge in [-0.05, 0) is 19.3 Å². The second kappa shape index (κ2) is 6.27. The van der Waals surface area contributed by atoms with E-state index in [0.717, 1.165) is 18.5 Å². The summed E-state index contributed by atoms with van der Waals surface area (Å²) in [5, 5.41) is 9.39. The number of aryl methyl sites for hydroxylation is 1. The van der Waals surface area contributed by atoms with Gasteiger partial charge in [0.15, 0.2) is 0 Å². The maximum absolute atomic E-state index is 12.9. The lowest BCUT2D eigenvalue weighted by Crippen LogP contribution is -2.34. The second-order valence-electron chi connectivity index (χ2n) is 5.93. The number of rotatable bonds is 4. The standard InChI is InChI=1S/C17H23N3O2/c1-5-7-11-8-13-15(17(21)20(11)6-2)14(10(3)4)12(9-18)16(19)22-13/h8,10,14H,5-7,19H2,1-4H3. The van der Waals surface area contributed by atoms with Gasteiger partial charge in [-0.2, -0.15) is 5.26 Å². The van der Waals surface area contributed by atoms with Crippen molar-refractivity contribution in [2.75, 3.05) is 0 Å². The van der Waals surface area contributed by atoms with Crippen molar-refractivity contribution < 1.29 is 4.74 Å². The van der Waals surface area contributed by atoms with E-state index in [1.54, 1.807) is 4.57 Å². The maximum Gasteiger partial charge on any atom is 0.258 e. The van der Waals surface area contributed by atoms with Gasteiger partial charge in [-0.15, -0.1) is 0 Å². The molecule has 1 atom stereocenters. The molecule has 0 bridgehead atoms. The first kappa shape index (κ1) is 16.2. The number of allylic oxidation sites excluding steroid dienone is 1. The minimum absolute atomic E-state index is 0.0672. The van der Waals surface area contributed by atoms with Crippen molar-refractivity contribution in [1.82, 2.24) is 4.57 Å². The molecule has 1 aliphatic heterocycles. The van der Waals surface area contributed by atoms with E-state index in [9.17, 15) is 10.1 Å². The van der Waals surface area contributed by atoms with E-state index in [4.69, 9.17) is 10.5 Å². The number of hydrogen-bond acceptors (Lipinski definition) is 4. The van der Waals surface area contributed by atoms with Gasteiger partial charge in [-0.25, -0.2) is 0 Å². The number of hydrogen-bond donors (Lipinski definition) is 1. The van der Waals surface area contributed by atoms with Crippen LogP contribution < -0.4 is 16.0 Å². The summed E-state index contributed by atoms with van der Waals surface area (Å²) in [5.74, 6) is 0.402. The topological polar surface area (TPSA) is 81.0 Å². The highest BCUT2D eigenvalue weighted by atomic mass is 16.5. The third-order valence-corrected chi connectivity index (χ3v) is 4.10. The maximum atomic E-state index is 12.9. The van der Waals surface area contributed by atoms with Gasteiger partial charge in [0.1, 0.15) is 11.8 Å². The molecule has 1 aromatic heterocycles. The molecule has 0 aliphatic carbocycles. The lowest BCUT2D eigenvalue weighted by atomic mass is 9.81. The summed E-state index contributed by atoms with van der Waals surface area (Å²) in [7, 11) is 0. The Morgan fingerprint density at radius 3 is 2.64 bits per heavy atom. The zero-order valence-electron chi connectivity index (χ0n) is 13.6. The van der Waals surface area contributed by atoms with Crippen LogP contribution in [0.15, 0.2) is 22.3 Å². The molecular formula is C17H23N3O2. The molecule has 0 spiro atoms. The molecule has 2 N–H and O–H groups in total. The zero-order valence-corrected chi connectivity index (χ0v) is 13.6. The molecule has 118 valence electrons. The summed E-state index contributed by atoms with van der Waals surface area (Å²) in [5.41, 5.74) is 7.69. The van der Waals surface area contributed by atoms with Crippen molar-refractivity contribution in [2.45, 2.75) is 53.0 Å². The van der Waals surface area contributed by atoms with Gasteiger partial charge in [0.25, 0.3) is 5.56 Å². The molecule has 0 saturated carbocycles. The minimum Gasteiger partial charge on any atom is -0.440 e. The lowest BCUT2D eigenvalue weighted by Gasteiger charge is -2.29. The van der Waals surface area contributed by atoms with Crippen LogP contribution >= 0.6 is 0 Å². The highest BCUT2D eigenvalue weighted by Crippen LogP contribution is 2.40. The van der Waals surface area contributed by atoms with Crippen LogP contribution in [0.2, 0.25) is 0 Å². The van der Waals surface area contributed by atoms with Crippen molar-refractivity contribution in [2.24, 2.45) is 11.7 Å². The van der Waals surface area contributed by atoms with Crippen LogP contribution in [0.4, 0.5) is 0 Å². The Labute approximate surface area is 131 Å². The highest BCUT2D eigenvalue weighted by molar-refractivity contribution is 5.50. The first-order valence-electron chi connectivity index (χ1n) is 7.80. The molecule has 5 heteroatoms. The molecule has 1 unspecified atom stereocenters. The van der Waals surface area contributed by atoms with Crippen molar-refractivity contribution in [3.8, 4) is 11.8 Å². The minimum atomic E-state index is -0.310. The number of fused-ring (bicyclic) bond motifs is 1. The summed E-state index contributed by atoms with van der Waals surface area (Å²) in [6.07, 6.45) is 1.75. The molecule has 0 saturated heterocycles. The summed E-state index contributed by atoms with van der Waals surface area (Å²) < 4.78 is 7.38. The van der Waals surface area contributed by atoms with Crippen LogP contribution in [-0.4, -0.2) is 4.57 Å². The molecule has 5 nitrogen and oxygen atoms in total. The summed E-state index contributed by atoms with van der Waals surface area (Å²) in [4.78, 5) is 12.9. The molecule has 0 amide bonds. The van der Waals surface area contributed by atoms with Crippen LogP contribution in [0, 0.1) is 17.2 Å². The quantitative estimate of drug-likeness (QED) is 0.927. The van der Waals surface area contributed by atoms with Crippen molar-refractivity contribution in [1.29, 1.82) is 5.26 Å². The van der Waals surface area contributed by atoms with Crippen LogP contribution in [-0.2, 0) is 13.0 Å². The number of aromatic nitrogens is 1. The van der Waals surface area contributed by atoms with Gasteiger partial charge in [-0.3, -0.25) is 4.79 Å². The molecule has 1 aliphatic rings. The number of nitrogens with zero attached hydrogens (tertiary/aromatic N) is 2. The van der Waals surface area contributed by atoms with E-state index in [-0.39, 0.29) is 23.3 Å². The van der Waals surface area contributed by atoms with Gasteiger partial charge in [-0.1, -0.05) is 27.2 Å². The van der Waals surface area contributed by atoms with E-state index >= 15 is 0 Å². The highest BCUT2D eigenvalue weighted by Gasteiger charge is 2.35. The smallest absolute Gasteiger partial charge is 0.258 e. The third-order valence-electron chi connectivity index (χ3n) is 4.10. The molecular weight excluding hydrogens is 278 g/mol. The Kier molecular flexibility index (Phi) is 4.60. The molecule has 0 fully saturated rings. The summed E-state index contributed by atoms with van der Waals surface area (Å²) in [6.45, 7) is 8.60. The van der Waals surface area contributed by atoms with Crippen LogP contribution in [0.5, 0.6) is 5.75 Å². The predicted octanol–water partition coefficient (Wildman–Crippen LogP) is 2.65. The van der Waals surface area contributed by atoms with Crippen molar-refractivity contribution >= 4 is 0 Å². The Morgan fingerprint density at radius 1 is 1.45 bits per heavy atom. The van der Waals surface area contributed by atoms with Gasteiger partial charge >= 0.3 is 0 Å². The normalized spacial score (nSPS) is 17.2. The monoisotopic (exact) mass is 301 g/mol. The van der Waals surface area contributed by atoms with Crippen LogP contribution in [0.25, 0.3) is 0 Å². The van der Waals surface area contributed by atoms with E-state index in [2.05, 4.69) is 13.0 Å². The van der Waals surface area contributed by atoms with Gasteiger partial charge in [0, 0.05) is 24.2 Å². The zero-order chi connectivity index (χ0) is 16.4. The fourth-order valence-electron chi connectivity index (χ4n) is 3.13. The van der Waals surface area contributed by atoms with Gasteiger partial charge < -0.3 is 15.0 Å². The van der Waals surface area contributed by atoms with E-state index in [1.807, 2.05) is 26.8 Å². The summed E-state index contributed by atoms with van der Waals surface area (Å²) >= 11 is 0.